The van der Waals surface area contributed by atoms with Gasteiger partial charge in [0.05, 0.1) is 0 Å². The normalized spacial score (nSPS) is 10.7. The highest BCUT2D eigenvalue weighted by Crippen LogP contribution is 2.23. The van der Waals surface area contributed by atoms with E-state index in [0.29, 0.717) is 17.3 Å². The van der Waals surface area contributed by atoms with Gasteiger partial charge in [-0.1, -0.05) is 61.9 Å². The van der Waals surface area contributed by atoms with Crippen molar-refractivity contribution in [2.24, 2.45) is 0 Å². The molecule has 0 radical (unpaired) electrons. The summed E-state index contributed by atoms with van der Waals surface area (Å²) in [5.41, 5.74) is 2.88. The van der Waals surface area contributed by atoms with Gasteiger partial charge in [-0.3, -0.25) is 4.79 Å². The summed E-state index contributed by atoms with van der Waals surface area (Å²) in [4.78, 5) is 12.2. The maximum absolute atomic E-state index is 12.2. The molecule has 2 aromatic rings. The zero-order valence-corrected chi connectivity index (χ0v) is 17.6. The van der Waals surface area contributed by atoms with Crippen LogP contribution in [0, 0.1) is 6.92 Å². The predicted octanol–water partition coefficient (Wildman–Crippen LogP) is 5.73. The van der Waals surface area contributed by atoms with Crippen LogP contribution in [0.25, 0.3) is 0 Å². The lowest BCUT2D eigenvalue weighted by molar-refractivity contribution is -0.118. The van der Waals surface area contributed by atoms with E-state index in [1.165, 1.54) is 25.7 Å². The van der Waals surface area contributed by atoms with E-state index in [9.17, 15) is 4.79 Å². The second kappa shape index (κ2) is 12.4. The maximum Gasteiger partial charge on any atom is 0.262 e. The van der Waals surface area contributed by atoms with Crippen molar-refractivity contribution in [3.63, 3.8) is 0 Å². The van der Waals surface area contributed by atoms with Crippen molar-refractivity contribution in [3.8, 4) is 5.75 Å². The molecule has 0 spiro atoms. The van der Waals surface area contributed by atoms with Gasteiger partial charge in [0.2, 0.25) is 0 Å². The number of unbranched alkanes of at least 4 members (excludes halogenated alkanes) is 4. The first-order valence-electron chi connectivity index (χ1n) is 10.1. The molecule has 0 unspecified atom stereocenters. The van der Waals surface area contributed by atoms with Gasteiger partial charge >= 0.3 is 0 Å². The fraction of sp³-hybridized carbons (Fsp3) is 0.435. The molecule has 0 bridgehead atoms. The molecule has 5 heteroatoms. The number of rotatable bonds is 12. The largest absolute Gasteiger partial charge is 0.483 e. The van der Waals surface area contributed by atoms with Crippen LogP contribution < -0.4 is 15.4 Å². The quantitative estimate of drug-likeness (QED) is 0.446. The Bertz CT molecular complexity index is 732. The number of benzene rings is 2. The van der Waals surface area contributed by atoms with Crippen LogP contribution in [0.5, 0.6) is 5.75 Å². The van der Waals surface area contributed by atoms with E-state index in [1.54, 1.807) is 6.07 Å². The van der Waals surface area contributed by atoms with Crippen molar-refractivity contribution in [1.29, 1.82) is 0 Å². The van der Waals surface area contributed by atoms with E-state index in [2.05, 4.69) is 17.6 Å². The van der Waals surface area contributed by atoms with Gasteiger partial charge in [-0.25, -0.2) is 0 Å². The number of amides is 1. The number of anilines is 1. The van der Waals surface area contributed by atoms with Gasteiger partial charge in [-0.2, -0.15) is 0 Å². The fourth-order valence-electron chi connectivity index (χ4n) is 2.88. The lowest BCUT2D eigenvalue weighted by Gasteiger charge is -2.13. The number of carbonyl (C=O) groups is 1. The van der Waals surface area contributed by atoms with Crippen molar-refractivity contribution in [2.75, 3.05) is 18.5 Å². The number of hydrogen-bond acceptors (Lipinski definition) is 3. The molecule has 1 amide bonds. The van der Waals surface area contributed by atoms with Gasteiger partial charge in [0.1, 0.15) is 5.75 Å². The summed E-state index contributed by atoms with van der Waals surface area (Å²) in [5.74, 6) is 0.496. The molecule has 0 saturated carbocycles. The number of carbonyl (C=O) groups excluding carboxylic acids is 1. The molecular formula is C23H31ClN2O2. The summed E-state index contributed by atoms with van der Waals surface area (Å²) >= 11 is 6.13. The van der Waals surface area contributed by atoms with Crippen molar-refractivity contribution in [2.45, 2.75) is 52.5 Å². The Morgan fingerprint density at radius 3 is 2.54 bits per heavy atom. The van der Waals surface area contributed by atoms with E-state index in [-0.39, 0.29) is 12.5 Å². The van der Waals surface area contributed by atoms with Crippen LogP contribution in [0.3, 0.4) is 0 Å². The molecule has 0 aromatic heterocycles. The first kappa shape index (κ1) is 22.3. The molecule has 28 heavy (non-hydrogen) atoms. The van der Waals surface area contributed by atoms with Crippen molar-refractivity contribution >= 4 is 23.2 Å². The Kier molecular flexibility index (Phi) is 9.87. The van der Waals surface area contributed by atoms with E-state index < -0.39 is 0 Å². The van der Waals surface area contributed by atoms with Gasteiger partial charge in [0.25, 0.3) is 5.91 Å². The molecule has 152 valence electrons. The highest BCUT2D eigenvalue weighted by atomic mass is 35.5. The van der Waals surface area contributed by atoms with Gasteiger partial charge in [-0.15, -0.1) is 0 Å². The van der Waals surface area contributed by atoms with E-state index in [1.807, 2.05) is 43.3 Å². The van der Waals surface area contributed by atoms with E-state index in [0.717, 1.165) is 29.8 Å². The minimum absolute atomic E-state index is 0.0421. The van der Waals surface area contributed by atoms with Crippen LogP contribution >= 0.6 is 11.6 Å². The van der Waals surface area contributed by atoms with Gasteiger partial charge < -0.3 is 15.4 Å². The summed E-state index contributed by atoms with van der Waals surface area (Å²) < 4.78 is 5.75. The Hall–Kier alpha value is -2.04. The maximum atomic E-state index is 12.2. The fourth-order valence-corrected chi connectivity index (χ4v) is 3.08. The lowest BCUT2D eigenvalue weighted by atomic mass is 10.1. The lowest BCUT2D eigenvalue weighted by Crippen LogP contribution is -2.21. The van der Waals surface area contributed by atoms with Gasteiger partial charge in [0, 0.05) is 22.8 Å². The third-order valence-electron chi connectivity index (χ3n) is 4.49. The number of aryl methyl sites for hydroxylation is 1. The van der Waals surface area contributed by atoms with Crippen LogP contribution in [0.4, 0.5) is 5.69 Å². The van der Waals surface area contributed by atoms with E-state index in [4.69, 9.17) is 16.3 Å². The molecule has 2 aromatic carbocycles. The molecule has 0 saturated heterocycles. The van der Waals surface area contributed by atoms with Crippen LogP contribution in [0.2, 0.25) is 5.02 Å². The first-order chi connectivity index (χ1) is 13.6. The SMILES string of the molecule is CCCCCCCNCc1cc(Cl)ccc1OCC(=O)Nc1ccc(C)cc1. The average Bonchev–Trinajstić information content (AvgIpc) is 2.68. The molecule has 4 nitrogen and oxygen atoms in total. The Morgan fingerprint density at radius 1 is 1.04 bits per heavy atom. The molecule has 0 fully saturated rings. The minimum Gasteiger partial charge on any atom is -0.483 e. The molecule has 2 rings (SSSR count). The first-order valence-corrected chi connectivity index (χ1v) is 10.4. The smallest absolute Gasteiger partial charge is 0.262 e. The highest BCUT2D eigenvalue weighted by Gasteiger charge is 2.08. The topological polar surface area (TPSA) is 50.4 Å². The van der Waals surface area contributed by atoms with E-state index >= 15 is 0 Å². The number of nitrogens with one attached hydrogen (secondary N) is 2. The second-order valence-corrected chi connectivity index (χ2v) is 7.48. The monoisotopic (exact) mass is 402 g/mol. The summed E-state index contributed by atoms with van der Waals surface area (Å²) in [6.07, 6.45) is 6.26. The number of halogens is 1. The third kappa shape index (κ3) is 8.32. The van der Waals surface area contributed by atoms with Gasteiger partial charge in [0.15, 0.2) is 6.61 Å². The van der Waals surface area contributed by atoms with Crippen LogP contribution in [0.1, 0.15) is 50.2 Å². The van der Waals surface area contributed by atoms with Crippen molar-refractivity contribution in [1.82, 2.24) is 5.32 Å². The number of ether oxygens (including phenoxy) is 1. The Labute approximate surface area is 173 Å². The predicted molar refractivity (Wildman–Crippen MR) is 117 cm³/mol. The van der Waals surface area contributed by atoms with Gasteiger partial charge in [-0.05, 0) is 50.2 Å². The molecule has 0 aliphatic heterocycles. The zero-order chi connectivity index (χ0) is 20.2. The molecular weight excluding hydrogens is 372 g/mol. The summed E-state index contributed by atoms with van der Waals surface area (Å²) in [6, 6.07) is 13.2. The second-order valence-electron chi connectivity index (χ2n) is 7.05. The van der Waals surface area contributed by atoms with Crippen LogP contribution in [0.15, 0.2) is 42.5 Å². The van der Waals surface area contributed by atoms with Crippen molar-refractivity contribution in [3.05, 3.63) is 58.6 Å². The summed E-state index contributed by atoms with van der Waals surface area (Å²) in [7, 11) is 0. The minimum atomic E-state index is -0.186. The summed E-state index contributed by atoms with van der Waals surface area (Å²) in [6.45, 7) is 5.82. The Morgan fingerprint density at radius 2 is 1.79 bits per heavy atom. The van der Waals surface area contributed by atoms with Crippen LogP contribution in [-0.2, 0) is 11.3 Å². The van der Waals surface area contributed by atoms with Crippen LogP contribution in [-0.4, -0.2) is 19.1 Å². The highest BCUT2D eigenvalue weighted by molar-refractivity contribution is 6.30. The molecule has 0 aliphatic carbocycles. The molecule has 2 N–H and O–H groups in total. The third-order valence-corrected chi connectivity index (χ3v) is 4.72. The molecule has 0 heterocycles. The zero-order valence-electron chi connectivity index (χ0n) is 16.9. The van der Waals surface area contributed by atoms with Crippen molar-refractivity contribution < 1.29 is 9.53 Å². The average molecular weight is 403 g/mol. The molecule has 0 atom stereocenters. The standard InChI is InChI=1S/C23H31ClN2O2/c1-3-4-5-6-7-14-25-16-19-15-20(24)10-13-22(19)28-17-23(27)26-21-11-8-18(2)9-12-21/h8-13,15,25H,3-7,14,16-17H2,1-2H3,(H,26,27). The summed E-state index contributed by atoms with van der Waals surface area (Å²) in [5, 5.41) is 6.94. The number of hydrogen-bond donors (Lipinski definition) is 2. The molecule has 0 aliphatic rings. The Balaban J connectivity index is 1.80.